The van der Waals surface area contributed by atoms with E-state index < -0.39 is 177 Å². The van der Waals surface area contributed by atoms with E-state index in [1.165, 1.54) is 6.92 Å². The highest BCUT2D eigenvalue weighted by Crippen LogP contribution is 2.78. The number of aliphatic hydroxyl groups is 14. The third-order valence-electron chi connectivity index (χ3n) is 21.7. The first kappa shape index (κ1) is 60.0. The molecular formula is C54H88O23. The highest BCUT2D eigenvalue weighted by molar-refractivity contribution is 5.78. The molecule has 4 heterocycles. The number of esters is 1. The van der Waals surface area contributed by atoms with E-state index in [1.807, 2.05) is 6.92 Å². The molecular weight excluding hydrogens is 1020 g/mol. The topological polar surface area (TPSA) is 374 Å². The number of carbonyl (C=O) groups excluding carboxylic acids is 1. The largest absolute Gasteiger partial charge is 0.432 e. The summed E-state index contributed by atoms with van der Waals surface area (Å²) >= 11 is 0. The number of hydrogen-bond acceptors (Lipinski definition) is 23. The predicted molar refractivity (Wildman–Crippen MR) is 263 cm³/mol. The number of ether oxygens (including phenoxy) is 8. The number of allylic oxidation sites excluding steroid dienone is 1. The van der Waals surface area contributed by atoms with Gasteiger partial charge in [-0.1, -0.05) is 46.8 Å². The Bertz CT molecular complexity index is 2100. The lowest BCUT2D eigenvalue weighted by atomic mass is 9.31. The van der Waals surface area contributed by atoms with Gasteiger partial charge in [0.15, 0.2) is 18.9 Å². The van der Waals surface area contributed by atoms with Crippen molar-refractivity contribution >= 4 is 5.97 Å². The zero-order valence-electron chi connectivity index (χ0n) is 45.2. The third-order valence-corrected chi connectivity index (χ3v) is 21.7. The summed E-state index contributed by atoms with van der Waals surface area (Å²) in [5, 5.41) is 152. The Morgan fingerprint density at radius 2 is 1.16 bits per heavy atom. The molecule has 9 rings (SSSR count). The lowest BCUT2D eigenvalue weighted by Gasteiger charge is -2.73. The molecule has 0 aromatic heterocycles. The minimum atomic E-state index is -1.91. The summed E-state index contributed by atoms with van der Waals surface area (Å²) in [7, 11) is 0. The minimum absolute atomic E-state index is 0.0513. The average Bonchev–Trinajstić information content (AvgIpc) is 4.02. The van der Waals surface area contributed by atoms with Crippen LogP contribution in [0.3, 0.4) is 0 Å². The number of aliphatic hydroxyl groups excluding tert-OH is 14. The zero-order valence-corrected chi connectivity index (χ0v) is 45.2. The van der Waals surface area contributed by atoms with E-state index >= 15 is 4.79 Å². The van der Waals surface area contributed by atoms with Crippen molar-refractivity contribution < 1.29 is 114 Å². The van der Waals surface area contributed by atoms with Crippen molar-refractivity contribution in [3.63, 3.8) is 0 Å². The van der Waals surface area contributed by atoms with Gasteiger partial charge in [0.1, 0.15) is 91.6 Å². The summed E-state index contributed by atoms with van der Waals surface area (Å²) in [5.74, 6) is -1.41. The minimum Gasteiger partial charge on any atom is -0.432 e. The Balaban J connectivity index is 0.892. The van der Waals surface area contributed by atoms with E-state index in [9.17, 15) is 71.5 Å². The van der Waals surface area contributed by atoms with Gasteiger partial charge in [-0.05, 0) is 123 Å². The maximum Gasteiger partial charge on any atom is 0.314 e. The van der Waals surface area contributed by atoms with Crippen LogP contribution in [0, 0.1) is 56.7 Å². The van der Waals surface area contributed by atoms with Gasteiger partial charge in [-0.25, -0.2) is 0 Å². The molecule has 77 heavy (non-hydrogen) atoms. The smallest absolute Gasteiger partial charge is 0.314 e. The van der Waals surface area contributed by atoms with Gasteiger partial charge in [0.25, 0.3) is 0 Å². The molecule has 4 saturated heterocycles. The van der Waals surface area contributed by atoms with Crippen molar-refractivity contribution in [3.8, 4) is 0 Å². The molecule has 9 aliphatic rings. The Hall–Kier alpha value is -1.63. The molecule has 0 radical (unpaired) electrons. The van der Waals surface area contributed by atoms with E-state index in [4.69, 9.17) is 37.9 Å². The van der Waals surface area contributed by atoms with Crippen LogP contribution in [0.2, 0.25) is 0 Å². The van der Waals surface area contributed by atoms with Crippen LogP contribution >= 0.6 is 0 Å². The van der Waals surface area contributed by atoms with Crippen molar-refractivity contribution in [2.75, 3.05) is 19.8 Å². The lowest BCUT2D eigenvalue weighted by Crippen LogP contribution is -2.70. The molecule has 5 saturated carbocycles. The second-order valence-electron chi connectivity index (χ2n) is 25.9. The summed E-state index contributed by atoms with van der Waals surface area (Å²) in [6.07, 6.45) is -27.8. The van der Waals surface area contributed by atoms with E-state index in [0.717, 1.165) is 18.4 Å². The maximum absolute atomic E-state index is 15.2. The molecule has 0 aromatic rings. The molecule has 14 N–H and O–H groups in total. The quantitative estimate of drug-likeness (QED) is 0.0561. The standard InChI is InChI=1S/C54H88O23/c1-21(2)23-9-14-54(49(69)77-48-41(67)37(63)34(60)28(74-48)20-70-45-42(68)38(64)43(27(19-56)73-45)76-46-39(65)35(61)32(58)22(3)71-46)16-15-52(7)24(31(23)54)17-25(57)44-51(6)12-11-30(50(4,5)29(51)10-13-53(44,52)8)75-47-40(66)36(62)33(59)26(18-55)72-47/h22-48,55-68H,1,9-20H2,2-8H3. The maximum atomic E-state index is 15.2. The van der Waals surface area contributed by atoms with Gasteiger partial charge < -0.3 is 109 Å². The van der Waals surface area contributed by atoms with Crippen LogP contribution in [0.5, 0.6) is 0 Å². The van der Waals surface area contributed by atoms with Gasteiger partial charge >= 0.3 is 5.97 Å². The van der Waals surface area contributed by atoms with Gasteiger partial charge in [0, 0.05) is 0 Å². The number of carbonyl (C=O) groups is 1. The van der Waals surface area contributed by atoms with Crippen molar-refractivity contribution in [1.82, 2.24) is 0 Å². The number of rotatable bonds is 12. The Morgan fingerprint density at radius 1 is 0.584 bits per heavy atom. The molecule has 23 heteroatoms. The summed E-state index contributed by atoms with van der Waals surface area (Å²) in [4.78, 5) is 15.2. The summed E-state index contributed by atoms with van der Waals surface area (Å²) in [6, 6.07) is 0. The molecule has 0 amide bonds. The second-order valence-corrected chi connectivity index (χ2v) is 25.9. The van der Waals surface area contributed by atoms with E-state index in [-0.39, 0.29) is 40.4 Å². The Morgan fingerprint density at radius 3 is 1.79 bits per heavy atom. The van der Waals surface area contributed by atoms with Crippen LogP contribution in [0.15, 0.2) is 12.2 Å². The van der Waals surface area contributed by atoms with Crippen LogP contribution in [0.4, 0.5) is 0 Å². The highest BCUT2D eigenvalue weighted by Gasteiger charge is 2.74. The Kier molecular flexibility index (Phi) is 17.0. The molecule has 5 aliphatic carbocycles. The van der Waals surface area contributed by atoms with Crippen LogP contribution in [0.25, 0.3) is 0 Å². The molecule has 0 spiro atoms. The van der Waals surface area contributed by atoms with Crippen molar-refractivity contribution in [2.24, 2.45) is 56.7 Å². The molecule has 0 aromatic carbocycles. The van der Waals surface area contributed by atoms with Gasteiger partial charge in [-0.15, -0.1) is 0 Å². The van der Waals surface area contributed by atoms with Crippen LogP contribution in [0.1, 0.15) is 106 Å². The molecule has 31 unspecified atom stereocenters. The third kappa shape index (κ3) is 9.61. The highest BCUT2D eigenvalue weighted by atomic mass is 16.8. The van der Waals surface area contributed by atoms with E-state index in [1.54, 1.807) is 0 Å². The molecule has 4 aliphatic heterocycles. The number of fused-ring (bicyclic) bond motifs is 7. The first-order chi connectivity index (χ1) is 36.0. The van der Waals surface area contributed by atoms with Gasteiger partial charge in [-0.3, -0.25) is 4.79 Å². The monoisotopic (exact) mass is 1100 g/mol. The fourth-order valence-corrected chi connectivity index (χ4v) is 17.3. The fraction of sp³-hybridized carbons (Fsp3) is 0.944. The fourth-order valence-electron chi connectivity index (χ4n) is 17.3. The molecule has 442 valence electrons. The summed E-state index contributed by atoms with van der Waals surface area (Å²) in [6.45, 7) is 16.9. The van der Waals surface area contributed by atoms with Gasteiger partial charge in [0.2, 0.25) is 6.29 Å². The van der Waals surface area contributed by atoms with Crippen molar-refractivity contribution in [3.05, 3.63) is 12.2 Å². The van der Waals surface area contributed by atoms with Crippen LogP contribution < -0.4 is 0 Å². The van der Waals surface area contributed by atoms with Gasteiger partial charge in [0.05, 0.1) is 43.5 Å². The van der Waals surface area contributed by atoms with E-state index in [2.05, 4.69) is 41.2 Å². The van der Waals surface area contributed by atoms with Crippen LogP contribution in [-0.2, 0) is 42.7 Å². The van der Waals surface area contributed by atoms with E-state index in [0.29, 0.717) is 44.9 Å². The lowest BCUT2D eigenvalue weighted by molar-refractivity contribution is -0.361. The molecule has 9 fully saturated rings. The van der Waals surface area contributed by atoms with Gasteiger partial charge in [-0.2, -0.15) is 0 Å². The molecule has 0 bridgehead atoms. The summed E-state index contributed by atoms with van der Waals surface area (Å²) in [5.41, 5.74) is -1.89. The SMILES string of the molecule is C=C(C)C1CCC2(C(=O)OC3OC(COC4OC(CO)C(OC5OC(C)C(O)C(O)C5O)C(O)C4O)C(O)C(O)C3O)CCC3(C)C(CC(O)C4C5(C)CCC(OC6OC(CO)C(O)C(O)C6O)C(C)(C)C5CCC43C)C12. The first-order valence-electron chi connectivity index (χ1n) is 27.8. The summed E-state index contributed by atoms with van der Waals surface area (Å²) < 4.78 is 47.1. The van der Waals surface area contributed by atoms with Crippen molar-refractivity contribution in [2.45, 2.75) is 241 Å². The Labute approximate surface area is 449 Å². The first-order valence-corrected chi connectivity index (χ1v) is 27.8. The molecule has 31 atom stereocenters. The molecule has 23 nitrogen and oxygen atoms in total. The normalized spacial score (nSPS) is 55.5. The van der Waals surface area contributed by atoms with Crippen molar-refractivity contribution in [1.29, 1.82) is 0 Å². The van der Waals surface area contributed by atoms with Crippen LogP contribution in [-0.4, -0.2) is 232 Å². The zero-order chi connectivity index (χ0) is 56.4. The second kappa shape index (κ2) is 21.8. The average molecular weight is 1110 g/mol. The predicted octanol–water partition coefficient (Wildman–Crippen LogP) is -2.18. The number of hydrogen-bond donors (Lipinski definition) is 14.